The molecule has 0 radical (unpaired) electrons. The lowest BCUT2D eigenvalue weighted by Gasteiger charge is -2.40. The van der Waals surface area contributed by atoms with Crippen molar-refractivity contribution in [2.45, 2.75) is 72.4 Å². The average molecular weight is 310 g/mol. The number of piperidine rings is 1. The molecule has 0 saturated carbocycles. The zero-order chi connectivity index (χ0) is 15.5. The smallest absolute Gasteiger partial charge is 0.185 e. The molecule has 0 atom stereocenters. The maximum absolute atomic E-state index is 4.82. The van der Waals surface area contributed by atoms with E-state index in [1.54, 1.807) is 11.3 Å². The van der Waals surface area contributed by atoms with Crippen LogP contribution in [-0.2, 0) is 6.54 Å². The van der Waals surface area contributed by atoms with Gasteiger partial charge < -0.3 is 10.2 Å². The van der Waals surface area contributed by atoms with Crippen molar-refractivity contribution in [2.24, 2.45) is 5.41 Å². The van der Waals surface area contributed by atoms with Gasteiger partial charge in [0.1, 0.15) is 0 Å². The summed E-state index contributed by atoms with van der Waals surface area (Å²) in [6, 6.07) is 0. The summed E-state index contributed by atoms with van der Waals surface area (Å²) in [6.45, 7) is 14.5. The number of rotatable bonds is 5. The second kappa shape index (κ2) is 6.66. The van der Waals surface area contributed by atoms with Crippen molar-refractivity contribution in [3.63, 3.8) is 0 Å². The summed E-state index contributed by atoms with van der Waals surface area (Å²) in [4.78, 5) is 7.30. The van der Waals surface area contributed by atoms with Crippen molar-refractivity contribution in [2.75, 3.05) is 18.0 Å². The quantitative estimate of drug-likeness (QED) is 0.871. The van der Waals surface area contributed by atoms with Crippen LogP contribution in [0.15, 0.2) is 5.38 Å². The molecule has 1 fully saturated rings. The molecule has 0 amide bonds. The normalized spacial score (nSPS) is 19.0. The van der Waals surface area contributed by atoms with Gasteiger partial charge in [0, 0.05) is 30.6 Å². The second-order valence-electron chi connectivity index (χ2n) is 7.42. The summed E-state index contributed by atoms with van der Waals surface area (Å²) in [7, 11) is 0. The molecular formula is C17H31N3S. The van der Waals surface area contributed by atoms with E-state index in [1.807, 2.05) is 0 Å². The van der Waals surface area contributed by atoms with Gasteiger partial charge in [-0.25, -0.2) is 4.98 Å². The standard InChI is InChI=1S/C17H31N3S/c1-6-17(7-2)8-10-20(11-9-17)15-19-14(13-21-15)12-18-16(3,4)5/h13,18H,6-12H2,1-5H3. The zero-order valence-corrected chi connectivity index (χ0v) is 15.1. The topological polar surface area (TPSA) is 28.2 Å². The van der Waals surface area contributed by atoms with Crippen molar-refractivity contribution in [1.82, 2.24) is 10.3 Å². The van der Waals surface area contributed by atoms with Gasteiger partial charge in [-0.2, -0.15) is 0 Å². The van der Waals surface area contributed by atoms with Crippen LogP contribution in [0.2, 0.25) is 0 Å². The first kappa shape index (κ1) is 16.8. The van der Waals surface area contributed by atoms with Crippen molar-refractivity contribution in [1.29, 1.82) is 0 Å². The van der Waals surface area contributed by atoms with Crippen LogP contribution < -0.4 is 10.2 Å². The monoisotopic (exact) mass is 309 g/mol. The van der Waals surface area contributed by atoms with Gasteiger partial charge in [0.25, 0.3) is 0 Å². The lowest BCUT2D eigenvalue weighted by atomic mass is 9.74. The first-order chi connectivity index (χ1) is 9.87. The molecule has 1 saturated heterocycles. The van der Waals surface area contributed by atoms with Gasteiger partial charge >= 0.3 is 0 Å². The summed E-state index contributed by atoms with van der Waals surface area (Å²) in [6.07, 6.45) is 5.26. The lowest BCUT2D eigenvalue weighted by molar-refractivity contribution is 0.199. The van der Waals surface area contributed by atoms with Gasteiger partial charge in [0.2, 0.25) is 0 Å². The lowest BCUT2D eigenvalue weighted by Crippen LogP contribution is -2.39. The maximum atomic E-state index is 4.82. The summed E-state index contributed by atoms with van der Waals surface area (Å²) < 4.78 is 0. The van der Waals surface area contributed by atoms with E-state index in [-0.39, 0.29) is 5.54 Å². The Kier molecular flexibility index (Phi) is 5.31. The van der Waals surface area contributed by atoms with E-state index in [4.69, 9.17) is 4.98 Å². The van der Waals surface area contributed by atoms with Crippen LogP contribution in [0.3, 0.4) is 0 Å². The second-order valence-corrected chi connectivity index (χ2v) is 8.26. The molecule has 1 aromatic rings. The number of hydrogen-bond donors (Lipinski definition) is 1. The maximum Gasteiger partial charge on any atom is 0.185 e. The zero-order valence-electron chi connectivity index (χ0n) is 14.3. The third-order valence-electron chi connectivity index (χ3n) is 4.93. The molecule has 0 aromatic carbocycles. The number of anilines is 1. The molecule has 1 aromatic heterocycles. The molecule has 3 nitrogen and oxygen atoms in total. The van der Waals surface area contributed by atoms with E-state index in [0.29, 0.717) is 5.41 Å². The number of nitrogens with zero attached hydrogens (tertiary/aromatic N) is 2. The van der Waals surface area contributed by atoms with Crippen molar-refractivity contribution in [3.8, 4) is 0 Å². The van der Waals surface area contributed by atoms with E-state index in [2.05, 4.69) is 50.2 Å². The van der Waals surface area contributed by atoms with Gasteiger partial charge in [-0.3, -0.25) is 0 Å². The first-order valence-corrected chi connectivity index (χ1v) is 9.20. The van der Waals surface area contributed by atoms with Gasteiger partial charge in [0.15, 0.2) is 5.13 Å². The Labute approximate surface area is 134 Å². The van der Waals surface area contributed by atoms with E-state index in [9.17, 15) is 0 Å². The number of nitrogens with one attached hydrogen (secondary N) is 1. The van der Waals surface area contributed by atoms with Crippen LogP contribution >= 0.6 is 11.3 Å². The van der Waals surface area contributed by atoms with Crippen LogP contribution in [0.5, 0.6) is 0 Å². The number of hydrogen-bond acceptors (Lipinski definition) is 4. The molecule has 0 aliphatic carbocycles. The van der Waals surface area contributed by atoms with Crippen LogP contribution in [0.25, 0.3) is 0 Å². The Morgan fingerprint density at radius 1 is 1.24 bits per heavy atom. The summed E-state index contributed by atoms with van der Waals surface area (Å²) in [5.41, 5.74) is 1.91. The van der Waals surface area contributed by atoms with Crippen LogP contribution in [0.1, 0.15) is 66.0 Å². The molecule has 2 heterocycles. The molecule has 1 aliphatic rings. The molecule has 2 rings (SSSR count). The van der Waals surface area contributed by atoms with E-state index >= 15 is 0 Å². The fourth-order valence-corrected chi connectivity index (χ4v) is 3.89. The fourth-order valence-electron chi connectivity index (χ4n) is 3.01. The average Bonchev–Trinajstić information content (AvgIpc) is 2.93. The molecule has 4 heteroatoms. The molecule has 1 N–H and O–H groups in total. The van der Waals surface area contributed by atoms with Crippen LogP contribution in [0.4, 0.5) is 5.13 Å². The highest BCUT2D eigenvalue weighted by Gasteiger charge is 2.32. The minimum atomic E-state index is 0.150. The summed E-state index contributed by atoms with van der Waals surface area (Å²) in [5.74, 6) is 0. The van der Waals surface area contributed by atoms with E-state index in [0.717, 1.165) is 6.54 Å². The van der Waals surface area contributed by atoms with Crippen molar-refractivity contribution < 1.29 is 0 Å². The molecule has 0 bridgehead atoms. The Morgan fingerprint density at radius 3 is 2.38 bits per heavy atom. The fraction of sp³-hybridized carbons (Fsp3) is 0.824. The predicted octanol–water partition coefficient (Wildman–Crippen LogP) is 4.44. The van der Waals surface area contributed by atoms with E-state index in [1.165, 1.54) is 49.6 Å². The molecule has 21 heavy (non-hydrogen) atoms. The highest BCUT2D eigenvalue weighted by molar-refractivity contribution is 7.13. The van der Waals surface area contributed by atoms with Gasteiger partial charge in [-0.15, -0.1) is 11.3 Å². The van der Waals surface area contributed by atoms with Crippen LogP contribution in [-0.4, -0.2) is 23.6 Å². The third-order valence-corrected chi connectivity index (χ3v) is 5.88. The summed E-state index contributed by atoms with van der Waals surface area (Å²) in [5, 5.41) is 6.93. The third kappa shape index (κ3) is 4.43. The highest BCUT2D eigenvalue weighted by atomic mass is 32.1. The Hall–Kier alpha value is -0.610. The van der Waals surface area contributed by atoms with Crippen molar-refractivity contribution >= 4 is 16.5 Å². The summed E-state index contributed by atoms with van der Waals surface area (Å²) >= 11 is 1.80. The highest BCUT2D eigenvalue weighted by Crippen LogP contribution is 2.39. The largest absolute Gasteiger partial charge is 0.348 e. The Balaban J connectivity index is 1.91. The van der Waals surface area contributed by atoms with Crippen LogP contribution in [0, 0.1) is 5.41 Å². The molecular weight excluding hydrogens is 278 g/mol. The van der Waals surface area contributed by atoms with Gasteiger partial charge in [0.05, 0.1) is 5.69 Å². The molecule has 0 spiro atoms. The van der Waals surface area contributed by atoms with Gasteiger partial charge in [-0.05, 0) is 39.0 Å². The Bertz CT molecular complexity index is 433. The molecule has 1 aliphatic heterocycles. The minimum Gasteiger partial charge on any atom is -0.348 e. The number of thiazole rings is 1. The molecule has 120 valence electrons. The van der Waals surface area contributed by atoms with E-state index < -0.39 is 0 Å². The Morgan fingerprint density at radius 2 is 1.86 bits per heavy atom. The first-order valence-electron chi connectivity index (χ1n) is 8.32. The molecule has 0 unspecified atom stereocenters. The van der Waals surface area contributed by atoms with Gasteiger partial charge in [-0.1, -0.05) is 26.7 Å². The minimum absolute atomic E-state index is 0.150. The van der Waals surface area contributed by atoms with Crippen molar-refractivity contribution in [3.05, 3.63) is 11.1 Å². The number of aromatic nitrogens is 1. The predicted molar refractivity (Wildman–Crippen MR) is 93.2 cm³/mol. The SMILES string of the molecule is CCC1(CC)CCN(c2nc(CNC(C)(C)C)cs2)CC1.